The van der Waals surface area contributed by atoms with Crippen molar-refractivity contribution in [2.75, 3.05) is 5.32 Å². The van der Waals surface area contributed by atoms with E-state index in [1.165, 1.54) is 6.07 Å². The molecule has 0 saturated heterocycles. The van der Waals surface area contributed by atoms with Crippen molar-refractivity contribution in [2.45, 2.75) is 20.1 Å². The number of rotatable bonds is 5. The van der Waals surface area contributed by atoms with E-state index in [2.05, 4.69) is 5.32 Å². The van der Waals surface area contributed by atoms with Crippen LogP contribution < -0.4 is 5.32 Å². The molecular weight excluding hydrogens is 256 g/mol. The van der Waals surface area contributed by atoms with Gasteiger partial charge in [0.25, 0.3) is 5.69 Å². The van der Waals surface area contributed by atoms with E-state index in [1.807, 2.05) is 24.3 Å². The smallest absolute Gasteiger partial charge is 0.272 e. The summed E-state index contributed by atoms with van der Waals surface area (Å²) in [5.74, 6) is 0. The number of aryl methyl sites for hydroxylation is 1. The lowest BCUT2D eigenvalue weighted by molar-refractivity contribution is -0.385. The summed E-state index contributed by atoms with van der Waals surface area (Å²) in [7, 11) is 0. The highest BCUT2D eigenvalue weighted by molar-refractivity contribution is 5.53. The number of nitrogens with zero attached hydrogens (tertiary/aromatic N) is 1. The van der Waals surface area contributed by atoms with Crippen LogP contribution in [-0.4, -0.2) is 10.0 Å². The van der Waals surface area contributed by atoms with Gasteiger partial charge in [-0.2, -0.15) is 0 Å². The highest BCUT2D eigenvalue weighted by Gasteiger charge is 2.09. The molecule has 0 aromatic heterocycles. The van der Waals surface area contributed by atoms with Gasteiger partial charge >= 0.3 is 0 Å². The molecule has 0 spiro atoms. The minimum atomic E-state index is -0.382. The molecule has 0 saturated carbocycles. The fourth-order valence-electron chi connectivity index (χ4n) is 1.94. The molecule has 0 bridgehead atoms. The first-order valence-corrected chi connectivity index (χ1v) is 6.28. The van der Waals surface area contributed by atoms with E-state index in [4.69, 9.17) is 5.11 Å². The third-order valence-electron chi connectivity index (χ3n) is 3.10. The zero-order valence-corrected chi connectivity index (χ0v) is 11.2. The van der Waals surface area contributed by atoms with Crippen LogP contribution in [0.4, 0.5) is 11.4 Å². The van der Waals surface area contributed by atoms with Crippen molar-refractivity contribution >= 4 is 11.4 Å². The Morgan fingerprint density at radius 2 is 1.80 bits per heavy atom. The van der Waals surface area contributed by atoms with Crippen LogP contribution in [0, 0.1) is 17.0 Å². The minimum absolute atomic E-state index is 0.0370. The Bertz CT molecular complexity index is 609. The largest absolute Gasteiger partial charge is 0.392 e. The number of nitro benzene ring substituents is 1. The zero-order chi connectivity index (χ0) is 14.5. The molecule has 2 N–H and O–H groups in total. The average molecular weight is 272 g/mol. The fourth-order valence-corrected chi connectivity index (χ4v) is 1.94. The van der Waals surface area contributed by atoms with Crippen LogP contribution in [0.2, 0.25) is 0 Å². The molecule has 5 heteroatoms. The second-order valence-corrected chi connectivity index (χ2v) is 4.59. The van der Waals surface area contributed by atoms with Gasteiger partial charge in [0.15, 0.2) is 0 Å². The molecule has 20 heavy (non-hydrogen) atoms. The highest BCUT2D eigenvalue weighted by Crippen LogP contribution is 2.22. The second kappa shape index (κ2) is 6.16. The quantitative estimate of drug-likeness (QED) is 0.648. The van der Waals surface area contributed by atoms with Crippen LogP contribution in [-0.2, 0) is 13.2 Å². The van der Waals surface area contributed by atoms with E-state index < -0.39 is 0 Å². The zero-order valence-electron chi connectivity index (χ0n) is 11.2. The van der Waals surface area contributed by atoms with E-state index in [0.29, 0.717) is 12.1 Å². The Balaban J connectivity index is 2.03. The van der Waals surface area contributed by atoms with E-state index >= 15 is 0 Å². The minimum Gasteiger partial charge on any atom is -0.392 e. The van der Waals surface area contributed by atoms with Crippen molar-refractivity contribution in [1.82, 2.24) is 0 Å². The van der Waals surface area contributed by atoms with Crippen LogP contribution in [0.3, 0.4) is 0 Å². The first-order chi connectivity index (χ1) is 9.60. The van der Waals surface area contributed by atoms with E-state index in [0.717, 1.165) is 16.8 Å². The summed E-state index contributed by atoms with van der Waals surface area (Å²) in [4.78, 5) is 10.4. The van der Waals surface area contributed by atoms with Gasteiger partial charge in [-0.1, -0.05) is 24.3 Å². The molecule has 104 valence electrons. The van der Waals surface area contributed by atoms with Crippen molar-refractivity contribution in [2.24, 2.45) is 0 Å². The average Bonchev–Trinajstić information content (AvgIpc) is 2.45. The lowest BCUT2D eigenvalue weighted by Gasteiger charge is -2.08. The lowest BCUT2D eigenvalue weighted by atomic mass is 10.1. The predicted octanol–water partition coefficient (Wildman–Crippen LogP) is 3.01. The lowest BCUT2D eigenvalue weighted by Crippen LogP contribution is -2.00. The van der Waals surface area contributed by atoms with Gasteiger partial charge in [0.2, 0.25) is 0 Å². The molecule has 0 radical (unpaired) electrons. The summed E-state index contributed by atoms with van der Waals surface area (Å²) in [6, 6.07) is 12.6. The van der Waals surface area contributed by atoms with Crippen LogP contribution in [0.1, 0.15) is 16.7 Å². The first-order valence-electron chi connectivity index (χ1n) is 6.28. The first kappa shape index (κ1) is 14.0. The van der Waals surface area contributed by atoms with Gasteiger partial charge in [-0.05, 0) is 30.2 Å². The Hall–Kier alpha value is -2.40. The molecule has 0 amide bonds. The Kier molecular flexibility index (Phi) is 4.32. The van der Waals surface area contributed by atoms with Gasteiger partial charge in [0.1, 0.15) is 0 Å². The predicted molar refractivity (Wildman–Crippen MR) is 77.5 cm³/mol. The monoisotopic (exact) mass is 272 g/mol. The normalized spacial score (nSPS) is 10.3. The number of benzene rings is 2. The molecule has 2 aromatic rings. The van der Waals surface area contributed by atoms with Gasteiger partial charge in [-0.25, -0.2) is 0 Å². The van der Waals surface area contributed by atoms with Gasteiger partial charge in [-0.3, -0.25) is 10.1 Å². The topological polar surface area (TPSA) is 75.4 Å². The number of nitrogens with one attached hydrogen (secondary N) is 1. The summed E-state index contributed by atoms with van der Waals surface area (Å²) >= 11 is 0. The number of aliphatic hydroxyl groups excluding tert-OH is 1. The molecule has 0 aliphatic rings. The van der Waals surface area contributed by atoms with Gasteiger partial charge in [-0.15, -0.1) is 0 Å². The molecule has 0 atom stereocenters. The maximum Gasteiger partial charge on any atom is 0.272 e. The number of nitro groups is 1. The Morgan fingerprint density at radius 1 is 1.15 bits per heavy atom. The molecule has 2 aromatic carbocycles. The van der Waals surface area contributed by atoms with Gasteiger partial charge in [0, 0.05) is 23.9 Å². The van der Waals surface area contributed by atoms with Crippen molar-refractivity contribution in [1.29, 1.82) is 0 Å². The van der Waals surface area contributed by atoms with Crippen LogP contribution >= 0.6 is 0 Å². The molecule has 0 aliphatic heterocycles. The third-order valence-corrected chi connectivity index (χ3v) is 3.10. The molecule has 5 nitrogen and oxygen atoms in total. The molecule has 0 heterocycles. The Morgan fingerprint density at radius 3 is 2.35 bits per heavy atom. The van der Waals surface area contributed by atoms with Crippen LogP contribution in [0.25, 0.3) is 0 Å². The van der Waals surface area contributed by atoms with Crippen molar-refractivity contribution < 1.29 is 10.0 Å². The molecule has 0 fully saturated rings. The van der Waals surface area contributed by atoms with E-state index in [9.17, 15) is 10.1 Å². The second-order valence-electron chi connectivity index (χ2n) is 4.59. The molecule has 0 aliphatic carbocycles. The van der Waals surface area contributed by atoms with Crippen molar-refractivity contribution in [3.8, 4) is 0 Å². The maximum absolute atomic E-state index is 10.7. The molecular formula is C15H16N2O3. The summed E-state index contributed by atoms with van der Waals surface area (Å²) in [6.45, 7) is 2.39. The highest BCUT2D eigenvalue weighted by atomic mass is 16.6. The van der Waals surface area contributed by atoms with E-state index in [1.54, 1.807) is 19.1 Å². The maximum atomic E-state index is 10.7. The number of hydrogen-bond donors (Lipinski definition) is 2. The molecule has 2 rings (SSSR count). The number of hydrogen-bond acceptors (Lipinski definition) is 4. The summed E-state index contributed by atoms with van der Waals surface area (Å²) in [6.07, 6.45) is 0. The number of anilines is 1. The summed E-state index contributed by atoms with van der Waals surface area (Å²) in [5.41, 5.74) is 3.57. The van der Waals surface area contributed by atoms with Crippen molar-refractivity contribution in [3.05, 3.63) is 69.3 Å². The SMILES string of the molecule is Cc1cc(NCc2ccc(CO)cc2)ccc1[N+](=O)[O-]. The van der Waals surface area contributed by atoms with Gasteiger partial charge in [0.05, 0.1) is 11.5 Å². The molecule has 0 unspecified atom stereocenters. The third kappa shape index (κ3) is 3.33. The Labute approximate surface area is 117 Å². The standard InChI is InChI=1S/C15H16N2O3/c1-11-8-14(6-7-15(11)17(19)20)16-9-12-2-4-13(10-18)5-3-12/h2-8,16,18H,9-10H2,1H3. The van der Waals surface area contributed by atoms with E-state index in [-0.39, 0.29) is 17.2 Å². The van der Waals surface area contributed by atoms with Crippen LogP contribution in [0.15, 0.2) is 42.5 Å². The van der Waals surface area contributed by atoms with Gasteiger partial charge < -0.3 is 10.4 Å². The fraction of sp³-hybridized carbons (Fsp3) is 0.200. The van der Waals surface area contributed by atoms with Crippen molar-refractivity contribution in [3.63, 3.8) is 0 Å². The summed E-state index contributed by atoms with van der Waals surface area (Å²) < 4.78 is 0. The number of aliphatic hydroxyl groups is 1. The van der Waals surface area contributed by atoms with Crippen LogP contribution in [0.5, 0.6) is 0 Å². The summed E-state index contributed by atoms with van der Waals surface area (Å²) in [5, 5.41) is 22.9.